The average Bonchev–Trinajstić information content (AvgIpc) is 2.49. The van der Waals surface area contributed by atoms with Crippen LogP contribution in [0.15, 0.2) is 34.1 Å². The summed E-state index contributed by atoms with van der Waals surface area (Å²) in [5.41, 5.74) is 1.21. The van der Waals surface area contributed by atoms with E-state index >= 15 is 0 Å². The Hall–Kier alpha value is -2.01. The summed E-state index contributed by atoms with van der Waals surface area (Å²) in [6.45, 7) is 14.9. The lowest BCUT2D eigenvalue weighted by atomic mass is 9.86. The second-order valence-corrected chi connectivity index (χ2v) is 11.2. The second-order valence-electron chi connectivity index (χ2n) is 9.27. The fourth-order valence-corrected chi connectivity index (χ4v) is 5.29. The zero-order valence-electron chi connectivity index (χ0n) is 17.4. The third-order valence-electron chi connectivity index (χ3n) is 4.79. The number of aromatic hydroxyl groups is 2. The van der Waals surface area contributed by atoms with Crippen LogP contribution in [-0.2, 0) is 20.7 Å². The molecule has 2 aromatic rings. The Bertz CT molecular complexity index is 913. The van der Waals surface area contributed by atoms with E-state index in [1.165, 1.54) is 0 Å². The van der Waals surface area contributed by atoms with Crippen LogP contribution in [-0.4, -0.2) is 18.6 Å². The van der Waals surface area contributed by atoms with Crippen molar-refractivity contribution in [2.75, 3.05) is 0 Å². The second kappa shape index (κ2) is 6.55. The molecule has 0 aliphatic rings. The minimum absolute atomic E-state index is 0.0804. The molecule has 0 unspecified atom stereocenters. The van der Waals surface area contributed by atoms with Gasteiger partial charge < -0.3 is 10.2 Å². The van der Waals surface area contributed by atoms with E-state index in [9.17, 15) is 18.6 Å². The molecule has 0 aromatic heterocycles. The zero-order valence-corrected chi connectivity index (χ0v) is 18.2. The predicted molar refractivity (Wildman–Crippen MR) is 109 cm³/mol. The molecular weight excluding hydrogens is 360 g/mol. The molecule has 0 spiro atoms. The first-order valence-corrected chi connectivity index (χ1v) is 10.5. The predicted octanol–water partition coefficient (Wildman–Crippen LogP) is 5.14. The topological polar surface area (TPSA) is 74.6 Å². The molecule has 5 heteroatoms. The highest BCUT2D eigenvalue weighted by atomic mass is 32.2. The summed E-state index contributed by atoms with van der Waals surface area (Å²) in [6, 6.07) is 6.18. The Kier molecular flexibility index (Phi) is 5.17. The third-order valence-corrected chi connectivity index (χ3v) is 6.62. The van der Waals surface area contributed by atoms with Gasteiger partial charge in [-0.1, -0.05) is 41.5 Å². The van der Waals surface area contributed by atoms with Crippen LogP contribution in [0.2, 0.25) is 0 Å². The highest BCUT2D eigenvalue weighted by Crippen LogP contribution is 2.41. The summed E-state index contributed by atoms with van der Waals surface area (Å²) in [5.74, 6) is 0.161. The molecule has 4 nitrogen and oxygen atoms in total. The highest BCUT2D eigenvalue weighted by molar-refractivity contribution is 7.91. The Labute approximate surface area is 162 Å². The fraction of sp³-hybridized carbons (Fsp3) is 0.455. The van der Waals surface area contributed by atoms with E-state index in [0.29, 0.717) is 22.3 Å². The molecule has 148 valence electrons. The van der Waals surface area contributed by atoms with Crippen LogP contribution in [0.5, 0.6) is 11.5 Å². The first-order valence-electron chi connectivity index (χ1n) is 9.00. The van der Waals surface area contributed by atoms with E-state index in [1.807, 2.05) is 41.5 Å². The van der Waals surface area contributed by atoms with E-state index in [2.05, 4.69) is 0 Å². The Balaban J connectivity index is 2.94. The quantitative estimate of drug-likeness (QED) is 0.744. The molecular formula is C22H30O4S. The third kappa shape index (κ3) is 3.98. The largest absolute Gasteiger partial charge is 0.508 e. The van der Waals surface area contributed by atoms with Crippen molar-refractivity contribution in [3.05, 3.63) is 46.5 Å². The number of benzene rings is 2. The monoisotopic (exact) mass is 390 g/mol. The minimum Gasteiger partial charge on any atom is -0.508 e. The smallest absolute Gasteiger partial charge is 0.207 e. The van der Waals surface area contributed by atoms with Crippen LogP contribution in [0.1, 0.15) is 63.8 Å². The Morgan fingerprint density at radius 3 is 1.22 bits per heavy atom. The van der Waals surface area contributed by atoms with Gasteiger partial charge in [0.2, 0.25) is 9.84 Å². The molecule has 2 N–H and O–H groups in total. The molecule has 0 saturated heterocycles. The van der Waals surface area contributed by atoms with Gasteiger partial charge in [0.05, 0.1) is 9.79 Å². The number of phenols is 2. The van der Waals surface area contributed by atoms with Crippen LogP contribution >= 0.6 is 0 Å². The van der Waals surface area contributed by atoms with Gasteiger partial charge in [-0.3, -0.25) is 0 Å². The minimum atomic E-state index is -3.87. The first kappa shape index (κ1) is 21.3. The van der Waals surface area contributed by atoms with Gasteiger partial charge in [-0.05, 0) is 71.2 Å². The summed E-state index contributed by atoms with van der Waals surface area (Å²) >= 11 is 0. The molecule has 0 aliphatic heterocycles. The Morgan fingerprint density at radius 2 is 0.963 bits per heavy atom. The Morgan fingerprint density at radius 1 is 0.667 bits per heavy atom. The number of aryl methyl sites for hydroxylation is 2. The summed E-state index contributed by atoms with van der Waals surface area (Å²) < 4.78 is 27.5. The van der Waals surface area contributed by atoms with Gasteiger partial charge in [0.15, 0.2) is 0 Å². The van der Waals surface area contributed by atoms with Crippen molar-refractivity contribution in [1.29, 1.82) is 0 Å². The van der Waals surface area contributed by atoms with E-state index < -0.39 is 20.7 Å². The summed E-state index contributed by atoms with van der Waals surface area (Å²) in [5, 5.41) is 20.3. The lowest BCUT2D eigenvalue weighted by molar-refractivity contribution is 0.463. The van der Waals surface area contributed by atoms with Gasteiger partial charge in [-0.15, -0.1) is 0 Å². The maximum Gasteiger partial charge on any atom is 0.207 e. The van der Waals surface area contributed by atoms with Gasteiger partial charge in [0.1, 0.15) is 11.5 Å². The molecule has 0 atom stereocenters. The van der Waals surface area contributed by atoms with E-state index in [-0.39, 0.29) is 21.3 Å². The number of phenolic OH excluding ortho intramolecular Hbond substituents is 2. The summed E-state index contributed by atoms with van der Waals surface area (Å²) in [6.07, 6.45) is 0. The van der Waals surface area contributed by atoms with Crippen LogP contribution in [0, 0.1) is 13.8 Å². The van der Waals surface area contributed by atoms with E-state index in [0.717, 1.165) is 0 Å². The molecule has 0 saturated carbocycles. The normalized spacial score (nSPS) is 13.0. The molecule has 0 amide bonds. The lowest BCUT2D eigenvalue weighted by Crippen LogP contribution is -2.21. The number of hydrogen-bond donors (Lipinski definition) is 2. The summed E-state index contributed by atoms with van der Waals surface area (Å²) in [4.78, 5) is 0.391. The molecule has 0 radical (unpaired) electrons. The van der Waals surface area contributed by atoms with Gasteiger partial charge in [0.25, 0.3) is 0 Å². The van der Waals surface area contributed by atoms with Crippen molar-refractivity contribution in [2.45, 2.75) is 76.0 Å². The zero-order chi connectivity index (χ0) is 20.9. The van der Waals surface area contributed by atoms with Crippen molar-refractivity contribution in [2.24, 2.45) is 0 Å². The molecule has 27 heavy (non-hydrogen) atoms. The summed E-state index contributed by atoms with van der Waals surface area (Å²) in [7, 11) is -3.87. The van der Waals surface area contributed by atoms with Crippen LogP contribution in [0.25, 0.3) is 0 Å². The standard InChI is InChI=1S/C22H30O4S/c1-13-9-19(15(11-17(13)23)21(3,4)5)27(25,26)20-10-14(2)18(24)12-16(20)22(6,7)8/h9-12,23-24H,1-8H3. The van der Waals surface area contributed by atoms with Crippen molar-refractivity contribution in [1.82, 2.24) is 0 Å². The van der Waals surface area contributed by atoms with E-state index in [1.54, 1.807) is 38.1 Å². The lowest BCUT2D eigenvalue weighted by Gasteiger charge is -2.27. The molecule has 2 aromatic carbocycles. The van der Waals surface area contributed by atoms with Crippen molar-refractivity contribution < 1.29 is 18.6 Å². The van der Waals surface area contributed by atoms with Crippen LogP contribution < -0.4 is 0 Å². The van der Waals surface area contributed by atoms with Crippen molar-refractivity contribution >= 4 is 9.84 Å². The average molecular weight is 391 g/mol. The number of sulfone groups is 1. The molecule has 0 fully saturated rings. The van der Waals surface area contributed by atoms with Crippen LogP contribution in [0.3, 0.4) is 0 Å². The molecule has 0 aliphatic carbocycles. The van der Waals surface area contributed by atoms with Crippen molar-refractivity contribution in [3.8, 4) is 11.5 Å². The van der Waals surface area contributed by atoms with Gasteiger partial charge >= 0.3 is 0 Å². The van der Waals surface area contributed by atoms with Gasteiger partial charge in [-0.25, -0.2) is 8.42 Å². The fourth-order valence-electron chi connectivity index (χ4n) is 3.08. The maximum atomic E-state index is 13.7. The number of rotatable bonds is 2. The van der Waals surface area contributed by atoms with Gasteiger partial charge in [0, 0.05) is 0 Å². The van der Waals surface area contributed by atoms with Gasteiger partial charge in [-0.2, -0.15) is 0 Å². The molecule has 2 rings (SSSR count). The van der Waals surface area contributed by atoms with Crippen LogP contribution in [0.4, 0.5) is 0 Å². The SMILES string of the molecule is Cc1cc(S(=O)(=O)c2cc(C)c(O)cc2C(C)(C)C)c(C(C)(C)C)cc1O. The molecule has 0 heterocycles. The van der Waals surface area contributed by atoms with E-state index in [4.69, 9.17) is 0 Å². The first-order chi connectivity index (χ1) is 12.1. The number of hydrogen-bond acceptors (Lipinski definition) is 4. The van der Waals surface area contributed by atoms with Crippen molar-refractivity contribution in [3.63, 3.8) is 0 Å². The highest BCUT2D eigenvalue weighted by Gasteiger charge is 2.33. The maximum absolute atomic E-state index is 13.7. The molecule has 0 bridgehead atoms.